The van der Waals surface area contributed by atoms with Crippen molar-refractivity contribution in [1.82, 2.24) is 0 Å². The van der Waals surface area contributed by atoms with Gasteiger partial charge in [0, 0.05) is 0 Å². The Labute approximate surface area is 120 Å². The van der Waals surface area contributed by atoms with E-state index in [1.807, 2.05) is 26.0 Å². The molecule has 7 heteroatoms. The summed E-state index contributed by atoms with van der Waals surface area (Å²) in [4.78, 5) is 10.8. The Kier molecular flexibility index (Phi) is 3.82. The number of benzene rings is 1. The van der Waals surface area contributed by atoms with Crippen molar-refractivity contribution in [3.05, 3.63) is 46.3 Å². The number of hydrogen-bond donors (Lipinski definition) is 2. The monoisotopic (exact) mass is 311 g/mol. The van der Waals surface area contributed by atoms with E-state index in [2.05, 4.69) is 4.72 Å². The molecule has 0 unspecified atom stereocenters. The van der Waals surface area contributed by atoms with Crippen LogP contribution in [0.15, 0.2) is 34.5 Å². The maximum Gasteiger partial charge on any atom is 0.345 e. The van der Waals surface area contributed by atoms with Gasteiger partial charge in [-0.25, -0.2) is 13.2 Å². The molecule has 0 amide bonds. The topological polar surface area (TPSA) is 83.5 Å². The van der Waals surface area contributed by atoms with Gasteiger partial charge in [0.05, 0.1) is 5.69 Å². The van der Waals surface area contributed by atoms with Gasteiger partial charge in [0.1, 0.15) is 9.09 Å². The summed E-state index contributed by atoms with van der Waals surface area (Å²) in [6.07, 6.45) is 0. The SMILES string of the molecule is Cc1ccc(NS(=O)(=O)c2ccc(C(=O)O)s2)c(C)c1. The number of carbonyl (C=O) groups is 1. The molecule has 0 aliphatic heterocycles. The zero-order chi connectivity index (χ0) is 14.9. The predicted molar refractivity (Wildman–Crippen MR) is 78.0 cm³/mol. The Balaban J connectivity index is 2.33. The van der Waals surface area contributed by atoms with E-state index in [1.165, 1.54) is 12.1 Å². The first-order valence-corrected chi connectivity index (χ1v) is 8.03. The van der Waals surface area contributed by atoms with Crippen molar-refractivity contribution in [2.24, 2.45) is 0 Å². The lowest BCUT2D eigenvalue weighted by atomic mass is 10.1. The van der Waals surface area contributed by atoms with Crippen LogP contribution in [0.2, 0.25) is 0 Å². The molecule has 2 rings (SSSR count). The highest BCUT2D eigenvalue weighted by Gasteiger charge is 2.19. The molecule has 1 aromatic heterocycles. The molecule has 0 atom stereocenters. The largest absolute Gasteiger partial charge is 0.477 e. The molecule has 0 spiro atoms. The molecule has 2 N–H and O–H groups in total. The minimum atomic E-state index is -3.76. The number of carboxylic acids is 1. The van der Waals surface area contributed by atoms with Crippen LogP contribution in [0.3, 0.4) is 0 Å². The molecule has 0 radical (unpaired) electrons. The van der Waals surface area contributed by atoms with Gasteiger partial charge in [0.25, 0.3) is 10.0 Å². The molecule has 0 aliphatic carbocycles. The molecule has 0 aliphatic rings. The highest BCUT2D eigenvalue weighted by molar-refractivity contribution is 7.94. The Morgan fingerprint density at radius 3 is 2.45 bits per heavy atom. The number of aromatic carboxylic acids is 1. The van der Waals surface area contributed by atoms with E-state index in [1.54, 1.807) is 6.07 Å². The van der Waals surface area contributed by atoms with Gasteiger partial charge in [-0.3, -0.25) is 4.72 Å². The predicted octanol–water partition coefficient (Wildman–Crippen LogP) is 2.86. The average Bonchev–Trinajstić information content (AvgIpc) is 2.83. The number of thiophene rings is 1. The molecule has 106 valence electrons. The Bertz CT molecular complexity index is 762. The highest BCUT2D eigenvalue weighted by atomic mass is 32.2. The van der Waals surface area contributed by atoms with Crippen molar-refractivity contribution in [2.45, 2.75) is 18.1 Å². The second-order valence-corrected chi connectivity index (χ2v) is 7.34. The molecule has 0 fully saturated rings. The molecular weight excluding hydrogens is 298 g/mol. The van der Waals surface area contributed by atoms with Crippen LogP contribution in [0.5, 0.6) is 0 Å². The van der Waals surface area contributed by atoms with E-state index in [4.69, 9.17) is 5.11 Å². The zero-order valence-corrected chi connectivity index (χ0v) is 12.5. The van der Waals surface area contributed by atoms with Crippen molar-refractivity contribution in [1.29, 1.82) is 0 Å². The van der Waals surface area contributed by atoms with Crippen molar-refractivity contribution < 1.29 is 18.3 Å². The summed E-state index contributed by atoms with van der Waals surface area (Å²) in [5.74, 6) is -1.14. The first-order chi connectivity index (χ1) is 9.29. The van der Waals surface area contributed by atoms with Crippen molar-refractivity contribution >= 4 is 33.0 Å². The minimum absolute atomic E-state index is 0.00833. The lowest BCUT2D eigenvalue weighted by Gasteiger charge is -2.09. The highest BCUT2D eigenvalue weighted by Crippen LogP contribution is 2.25. The lowest BCUT2D eigenvalue weighted by Crippen LogP contribution is -2.12. The van der Waals surface area contributed by atoms with Gasteiger partial charge >= 0.3 is 5.97 Å². The Hall–Kier alpha value is -1.86. The van der Waals surface area contributed by atoms with E-state index in [9.17, 15) is 13.2 Å². The molecule has 0 bridgehead atoms. The number of sulfonamides is 1. The standard InChI is InChI=1S/C13H13NO4S2/c1-8-3-4-10(9(2)7-8)14-20(17,18)12-6-5-11(19-12)13(15)16/h3-7,14H,1-2H3,(H,15,16). The number of nitrogens with one attached hydrogen (secondary N) is 1. The molecule has 0 saturated carbocycles. The quantitative estimate of drug-likeness (QED) is 0.909. The van der Waals surface area contributed by atoms with Crippen LogP contribution in [0.1, 0.15) is 20.8 Å². The van der Waals surface area contributed by atoms with Crippen molar-refractivity contribution in [2.75, 3.05) is 4.72 Å². The Morgan fingerprint density at radius 2 is 1.90 bits per heavy atom. The first-order valence-electron chi connectivity index (χ1n) is 5.73. The summed E-state index contributed by atoms with van der Waals surface area (Å²) in [6.45, 7) is 3.73. The summed E-state index contributed by atoms with van der Waals surface area (Å²) in [6, 6.07) is 7.94. The maximum atomic E-state index is 12.2. The molecule has 2 aromatic rings. The molecular formula is C13H13NO4S2. The van der Waals surface area contributed by atoms with Gasteiger partial charge < -0.3 is 5.11 Å². The second-order valence-electron chi connectivity index (χ2n) is 4.35. The molecule has 1 aromatic carbocycles. The van der Waals surface area contributed by atoms with Crippen LogP contribution in [-0.4, -0.2) is 19.5 Å². The summed E-state index contributed by atoms with van der Waals surface area (Å²) < 4.78 is 26.8. The van der Waals surface area contributed by atoms with E-state index in [0.717, 1.165) is 22.5 Å². The van der Waals surface area contributed by atoms with E-state index < -0.39 is 16.0 Å². The smallest absolute Gasteiger partial charge is 0.345 e. The lowest BCUT2D eigenvalue weighted by molar-refractivity contribution is 0.0702. The van der Waals surface area contributed by atoms with E-state index >= 15 is 0 Å². The van der Waals surface area contributed by atoms with E-state index in [-0.39, 0.29) is 9.09 Å². The molecule has 0 saturated heterocycles. The van der Waals surface area contributed by atoms with Gasteiger partial charge in [-0.15, -0.1) is 11.3 Å². The fourth-order valence-electron chi connectivity index (χ4n) is 1.70. The van der Waals surface area contributed by atoms with Gasteiger partial charge in [-0.2, -0.15) is 0 Å². The summed E-state index contributed by atoms with van der Waals surface area (Å²) in [5, 5.41) is 8.82. The second kappa shape index (κ2) is 5.26. The molecule has 20 heavy (non-hydrogen) atoms. The first kappa shape index (κ1) is 14.5. The van der Waals surface area contributed by atoms with Crippen LogP contribution >= 0.6 is 11.3 Å². The third-order valence-electron chi connectivity index (χ3n) is 2.68. The van der Waals surface area contributed by atoms with Crippen LogP contribution < -0.4 is 4.72 Å². The summed E-state index contributed by atoms with van der Waals surface area (Å²) >= 11 is 0.726. The third-order valence-corrected chi connectivity index (χ3v) is 5.61. The van der Waals surface area contributed by atoms with Crippen LogP contribution in [0, 0.1) is 13.8 Å². The van der Waals surface area contributed by atoms with Crippen molar-refractivity contribution in [3.8, 4) is 0 Å². The van der Waals surface area contributed by atoms with Gasteiger partial charge in [-0.1, -0.05) is 17.7 Å². The normalized spacial score (nSPS) is 11.3. The molecule has 1 heterocycles. The molecule has 5 nitrogen and oxygen atoms in total. The van der Waals surface area contributed by atoms with Crippen LogP contribution in [0.4, 0.5) is 5.69 Å². The zero-order valence-electron chi connectivity index (χ0n) is 10.9. The van der Waals surface area contributed by atoms with Gasteiger partial charge in [-0.05, 0) is 37.6 Å². The summed E-state index contributed by atoms with van der Waals surface area (Å²) in [5.41, 5.74) is 2.33. The third kappa shape index (κ3) is 3.00. The number of rotatable bonds is 4. The summed E-state index contributed by atoms with van der Waals surface area (Å²) in [7, 11) is -3.76. The fourth-order valence-corrected chi connectivity index (χ4v) is 3.98. The number of anilines is 1. The Morgan fingerprint density at radius 1 is 1.20 bits per heavy atom. The fraction of sp³-hybridized carbons (Fsp3) is 0.154. The maximum absolute atomic E-state index is 12.2. The van der Waals surface area contributed by atoms with Crippen LogP contribution in [0.25, 0.3) is 0 Å². The average molecular weight is 311 g/mol. The van der Waals surface area contributed by atoms with Gasteiger partial charge in [0.2, 0.25) is 0 Å². The van der Waals surface area contributed by atoms with Gasteiger partial charge in [0.15, 0.2) is 0 Å². The number of carboxylic acid groups (broad SMARTS) is 1. The minimum Gasteiger partial charge on any atom is -0.477 e. The van der Waals surface area contributed by atoms with E-state index in [0.29, 0.717) is 5.69 Å². The van der Waals surface area contributed by atoms with Crippen LogP contribution in [-0.2, 0) is 10.0 Å². The van der Waals surface area contributed by atoms with Crippen molar-refractivity contribution in [3.63, 3.8) is 0 Å². The number of aryl methyl sites for hydroxylation is 2. The number of hydrogen-bond acceptors (Lipinski definition) is 4.